The largest absolute Gasteiger partial charge is 0.576 e. The van der Waals surface area contributed by atoms with Crippen molar-refractivity contribution in [3.05, 3.63) is 0 Å². The summed E-state index contributed by atoms with van der Waals surface area (Å²) < 4.78 is 0. The van der Waals surface area contributed by atoms with Crippen LogP contribution in [-0.4, -0.2) is 39.9 Å². The molecule has 2 fully saturated rings. The summed E-state index contributed by atoms with van der Waals surface area (Å²) in [5, 5.41) is 0.487. The number of amides is 4. The van der Waals surface area contributed by atoms with Crippen molar-refractivity contribution >= 4 is 29.8 Å². The Labute approximate surface area is 110 Å². The third-order valence-electron chi connectivity index (χ3n) is 2.37. The van der Waals surface area contributed by atoms with Crippen LogP contribution >= 0.6 is 0 Å². The van der Waals surface area contributed by atoms with Crippen molar-refractivity contribution in [2.75, 3.05) is 0 Å². The van der Waals surface area contributed by atoms with Crippen LogP contribution in [-0.2, 0) is 38.9 Å². The fourth-order valence-corrected chi connectivity index (χ4v) is 1.43. The molecular weight excluding hydrogens is 280 g/mol. The van der Waals surface area contributed by atoms with E-state index in [1.165, 1.54) is 0 Å². The lowest BCUT2D eigenvalue weighted by atomic mass is 10.4. The Hall–Kier alpha value is -2.53. The van der Waals surface area contributed by atoms with E-state index in [-0.39, 0.29) is 35.8 Å². The highest BCUT2D eigenvalue weighted by Gasteiger charge is 2.34. The first-order valence-corrected chi connectivity index (χ1v) is 5.44. The highest BCUT2D eigenvalue weighted by atomic mass is 17.4. The van der Waals surface area contributed by atoms with Crippen molar-refractivity contribution in [3.63, 3.8) is 0 Å². The molecule has 11 heteroatoms. The van der Waals surface area contributed by atoms with E-state index in [0.717, 1.165) is 0 Å². The number of hydrogen-bond donors (Lipinski definition) is 0. The molecule has 0 N–H and O–H groups in total. The highest BCUT2D eigenvalue weighted by molar-refractivity contribution is 6.01. The molecule has 2 heterocycles. The Balaban J connectivity index is 1.73. The number of rotatable bonds is 4. The molecule has 108 valence electrons. The second-order valence-electron chi connectivity index (χ2n) is 3.73. The zero-order chi connectivity index (χ0) is 14.7. The molecule has 2 aliphatic rings. The number of carbonyl (C=O) groups is 5. The predicted octanol–water partition coefficient (Wildman–Crippen LogP) is -0.869. The minimum atomic E-state index is -1.61. The van der Waals surface area contributed by atoms with Crippen LogP contribution < -0.4 is 0 Å². The molecule has 0 spiro atoms. The molecule has 0 bridgehead atoms. The van der Waals surface area contributed by atoms with Gasteiger partial charge in [-0.05, 0) is 9.98 Å². The summed E-state index contributed by atoms with van der Waals surface area (Å²) in [4.78, 5) is 71.5. The van der Waals surface area contributed by atoms with Gasteiger partial charge in [0.2, 0.25) is 0 Å². The van der Waals surface area contributed by atoms with Crippen LogP contribution in [0.3, 0.4) is 0 Å². The molecule has 0 radical (unpaired) electrons. The van der Waals surface area contributed by atoms with Crippen LogP contribution in [0.4, 0.5) is 4.79 Å². The van der Waals surface area contributed by atoms with Crippen LogP contribution in [0.2, 0.25) is 0 Å². The Morgan fingerprint density at radius 3 is 1.30 bits per heavy atom. The van der Waals surface area contributed by atoms with Gasteiger partial charge in [-0.2, -0.15) is 4.79 Å². The SMILES string of the molecule is O=C(OON1C(=O)CCC1=O)OON1C(=O)CCC1=O. The summed E-state index contributed by atoms with van der Waals surface area (Å²) >= 11 is 0. The van der Waals surface area contributed by atoms with Gasteiger partial charge in [0.15, 0.2) is 0 Å². The molecule has 2 aliphatic heterocycles. The van der Waals surface area contributed by atoms with Gasteiger partial charge in [-0.25, -0.2) is 9.78 Å². The predicted molar refractivity (Wildman–Crippen MR) is 51.9 cm³/mol. The molecule has 2 rings (SSSR count). The van der Waals surface area contributed by atoms with Gasteiger partial charge >= 0.3 is 6.16 Å². The lowest BCUT2D eigenvalue weighted by Crippen LogP contribution is -2.33. The first-order valence-electron chi connectivity index (χ1n) is 5.44. The van der Waals surface area contributed by atoms with Crippen LogP contribution in [0.1, 0.15) is 25.7 Å². The van der Waals surface area contributed by atoms with Gasteiger partial charge in [-0.1, -0.05) is 0 Å². The number of hydrogen-bond acceptors (Lipinski definition) is 9. The highest BCUT2D eigenvalue weighted by Crippen LogP contribution is 2.14. The summed E-state index contributed by atoms with van der Waals surface area (Å²) in [6.45, 7) is 0. The Morgan fingerprint density at radius 2 is 1.00 bits per heavy atom. The molecule has 2 saturated heterocycles. The topological polar surface area (TPSA) is 129 Å². The molecule has 0 aromatic rings. The summed E-state index contributed by atoms with van der Waals surface area (Å²) in [6.07, 6.45) is -1.87. The third kappa shape index (κ3) is 2.89. The van der Waals surface area contributed by atoms with Crippen LogP contribution in [0.25, 0.3) is 0 Å². The van der Waals surface area contributed by atoms with Gasteiger partial charge in [0.05, 0.1) is 0 Å². The van der Waals surface area contributed by atoms with Crippen molar-refractivity contribution < 1.29 is 43.7 Å². The van der Waals surface area contributed by atoms with Gasteiger partial charge in [-0.3, -0.25) is 19.2 Å². The maximum Gasteiger partial charge on any atom is 0.576 e. The average Bonchev–Trinajstić information content (AvgIpc) is 2.89. The van der Waals surface area contributed by atoms with Crippen LogP contribution in [0, 0.1) is 0 Å². The quantitative estimate of drug-likeness (QED) is 0.368. The summed E-state index contributed by atoms with van der Waals surface area (Å²) in [5.74, 6) is -2.75. The van der Waals surface area contributed by atoms with Gasteiger partial charge < -0.3 is 0 Å². The standard InChI is InChI=1S/C9H8N2O9/c12-5-1-2-6(13)10(5)19-17-9(16)18-20-11-7(14)3-4-8(11)15/h1-4H2. The zero-order valence-electron chi connectivity index (χ0n) is 9.90. The maximum absolute atomic E-state index is 11.1. The Kier molecular flexibility index (Phi) is 3.91. The molecule has 0 saturated carbocycles. The van der Waals surface area contributed by atoms with E-state index in [9.17, 15) is 24.0 Å². The zero-order valence-corrected chi connectivity index (χ0v) is 9.90. The fraction of sp³-hybridized carbons (Fsp3) is 0.444. The van der Waals surface area contributed by atoms with E-state index in [1.54, 1.807) is 0 Å². The number of carbonyl (C=O) groups excluding carboxylic acids is 5. The van der Waals surface area contributed by atoms with Gasteiger partial charge in [0, 0.05) is 25.7 Å². The second-order valence-corrected chi connectivity index (χ2v) is 3.73. The summed E-state index contributed by atoms with van der Waals surface area (Å²) in [5.41, 5.74) is 0. The minimum Gasteiger partial charge on any atom is -0.272 e. The second kappa shape index (κ2) is 5.63. The maximum atomic E-state index is 11.1. The fourth-order valence-electron chi connectivity index (χ4n) is 1.43. The molecule has 0 aromatic heterocycles. The lowest BCUT2D eigenvalue weighted by Gasteiger charge is -2.11. The molecule has 20 heavy (non-hydrogen) atoms. The van der Waals surface area contributed by atoms with E-state index in [2.05, 4.69) is 19.8 Å². The average molecular weight is 288 g/mol. The minimum absolute atomic E-state index is 0.0650. The van der Waals surface area contributed by atoms with Crippen molar-refractivity contribution in [1.29, 1.82) is 0 Å². The monoisotopic (exact) mass is 288 g/mol. The van der Waals surface area contributed by atoms with Gasteiger partial charge in [-0.15, -0.1) is 10.1 Å². The van der Waals surface area contributed by atoms with Crippen molar-refractivity contribution in [2.24, 2.45) is 0 Å². The van der Waals surface area contributed by atoms with Crippen molar-refractivity contribution in [2.45, 2.75) is 25.7 Å². The molecule has 0 aromatic carbocycles. The lowest BCUT2D eigenvalue weighted by molar-refractivity contribution is -0.412. The van der Waals surface area contributed by atoms with Crippen molar-refractivity contribution in [1.82, 2.24) is 10.1 Å². The van der Waals surface area contributed by atoms with Crippen LogP contribution in [0.15, 0.2) is 0 Å². The first-order chi connectivity index (χ1) is 9.49. The number of nitrogens with zero attached hydrogens (tertiary/aromatic N) is 2. The summed E-state index contributed by atoms with van der Waals surface area (Å²) in [6, 6.07) is 0. The molecule has 0 unspecified atom stereocenters. The van der Waals surface area contributed by atoms with Gasteiger partial charge in [0.1, 0.15) is 0 Å². The molecule has 4 amide bonds. The first kappa shape index (κ1) is 13.9. The van der Waals surface area contributed by atoms with Gasteiger partial charge in [0.25, 0.3) is 23.6 Å². The van der Waals surface area contributed by atoms with E-state index >= 15 is 0 Å². The molecule has 0 atom stereocenters. The molecular formula is C9H8N2O9. The Morgan fingerprint density at radius 1 is 0.700 bits per heavy atom. The summed E-state index contributed by atoms with van der Waals surface area (Å²) in [7, 11) is 0. The normalized spacial score (nSPS) is 19.0. The molecule has 0 aliphatic carbocycles. The van der Waals surface area contributed by atoms with E-state index in [4.69, 9.17) is 0 Å². The van der Waals surface area contributed by atoms with E-state index in [1.807, 2.05) is 0 Å². The van der Waals surface area contributed by atoms with Crippen LogP contribution in [0.5, 0.6) is 0 Å². The third-order valence-corrected chi connectivity index (χ3v) is 2.37. The van der Waals surface area contributed by atoms with E-state index < -0.39 is 29.8 Å². The smallest absolute Gasteiger partial charge is 0.272 e. The number of imide groups is 2. The molecule has 11 nitrogen and oxygen atoms in total. The number of hydroxylamine groups is 4. The van der Waals surface area contributed by atoms with E-state index in [0.29, 0.717) is 0 Å². The Bertz CT molecular complexity index is 414. The van der Waals surface area contributed by atoms with Crippen molar-refractivity contribution in [3.8, 4) is 0 Å².